The van der Waals surface area contributed by atoms with Gasteiger partial charge in [-0.25, -0.2) is 0 Å². The predicted molar refractivity (Wildman–Crippen MR) is 106 cm³/mol. The molecule has 0 saturated heterocycles. The molecular weight excluding hydrogens is 364 g/mol. The van der Waals surface area contributed by atoms with Gasteiger partial charge in [-0.3, -0.25) is 4.79 Å². The summed E-state index contributed by atoms with van der Waals surface area (Å²) in [5.74, 6) is -0.0503. The normalized spacial score (nSPS) is 13.3. The molecule has 1 amide bonds. The number of rotatable bonds is 6. The second-order valence-corrected chi connectivity index (χ2v) is 6.88. The van der Waals surface area contributed by atoms with Crippen LogP contribution in [0.5, 0.6) is 11.5 Å². The van der Waals surface area contributed by atoms with Crippen molar-refractivity contribution in [2.75, 3.05) is 17.7 Å². The first-order valence-electron chi connectivity index (χ1n) is 8.07. The number of primary amides is 1. The molecule has 0 bridgehead atoms. The van der Waals surface area contributed by atoms with Crippen molar-refractivity contribution in [3.8, 4) is 17.6 Å². The number of fused-ring (bicyclic) bond motifs is 1. The van der Waals surface area contributed by atoms with Gasteiger partial charge in [-0.1, -0.05) is 12.1 Å². The lowest BCUT2D eigenvalue weighted by atomic mass is 10.1. The zero-order valence-electron chi connectivity index (χ0n) is 14.5. The van der Waals surface area contributed by atoms with Crippen molar-refractivity contribution < 1.29 is 14.6 Å². The molecule has 0 aliphatic carbocycles. The molecule has 2 aromatic rings. The Hall–Kier alpha value is -3.31. The number of phenols is 1. The number of nitrogens with zero attached hydrogens (tertiary/aromatic N) is 1. The van der Waals surface area contributed by atoms with Crippen LogP contribution in [0.1, 0.15) is 11.1 Å². The summed E-state index contributed by atoms with van der Waals surface area (Å²) >= 11 is 1.55. The van der Waals surface area contributed by atoms with Crippen LogP contribution in [-0.4, -0.2) is 23.6 Å². The van der Waals surface area contributed by atoms with E-state index in [9.17, 15) is 9.90 Å². The summed E-state index contributed by atoms with van der Waals surface area (Å²) in [7, 11) is 1.44. The van der Waals surface area contributed by atoms with Crippen LogP contribution in [-0.2, 0) is 10.5 Å². The lowest BCUT2D eigenvalue weighted by molar-refractivity contribution is -0.114. The van der Waals surface area contributed by atoms with Crippen molar-refractivity contribution in [1.82, 2.24) is 0 Å². The minimum atomic E-state index is -0.808. The van der Waals surface area contributed by atoms with Crippen molar-refractivity contribution in [3.05, 3.63) is 53.1 Å². The Morgan fingerprint density at radius 2 is 2.04 bits per heavy atom. The van der Waals surface area contributed by atoms with Crippen molar-refractivity contribution in [2.45, 2.75) is 11.3 Å². The van der Waals surface area contributed by atoms with E-state index in [0.29, 0.717) is 16.9 Å². The fraction of sp³-hybridized carbons (Fsp3) is 0.158. The van der Waals surface area contributed by atoms with E-state index in [1.807, 2.05) is 24.3 Å². The van der Waals surface area contributed by atoms with Crippen LogP contribution in [0.3, 0.4) is 0 Å². The maximum atomic E-state index is 11.3. The summed E-state index contributed by atoms with van der Waals surface area (Å²) in [6.07, 6.45) is 1.38. The molecule has 0 spiro atoms. The van der Waals surface area contributed by atoms with Crippen LogP contribution in [0.2, 0.25) is 0 Å². The zero-order valence-corrected chi connectivity index (χ0v) is 15.3. The monoisotopic (exact) mass is 382 g/mol. The number of anilines is 2. The Morgan fingerprint density at radius 1 is 1.37 bits per heavy atom. The number of hydrogen-bond donors (Lipinski definition) is 4. The molecule has 1 aliphatic heterocycles. The first-order valence-corrected chi connectivity index (χ1v) is 9.12. The molecule has 1 heterocycles. The molecule has 8 heteroatoms. The number of amides is 1. The number of methoxy groups -OCH3 is 1. The summed E-state index contributed by atoms with van der Waals surface area (Å²) in [5.41, 5.74) is 8.18. The molecule has 0 radical (unpaired) electrons. The quantitative estimate of drug-likeness (QED) is 0.448. The highest BCUT2D eigenvalue weighted by atomic mass is 32.2. The Kier molecular flexibility index (Phi) is 5.43. The second-order valence-electron chi connectivity index (χ2n) is 5.79. The van der Waals surface area contributed by atoms with Crippen LogP contribution >= 0.6 is 11.8 Å². The zero-order chi connectivity index (χ0) is 19.4. The summed E-state index contributed by atoms with van der Waals surface area (Å²) in [5, 5.41) is 26.1. The molecule has 0 saturated carbocycles. The number of ether oxygens (including phenoxy) is 1. The molecule has 2 aromatic carbocycles. The van der Waals surface area contributed by atoms with Crippen molar-refractivity contribution >= 4 is 35.1 Å². The second kappa shape index (κ2) is 7.93. The van der Waals surface area contributed by atoms with Gasteiger partial charge in [0.2, 0.25) is 0 Å². The lowest BCUT2D eigenvalue weighted by Gasteiger charge is -2.14. The van der Waals surface area contributed by atoms with Gasteiger partial charge in [0.1, 0.15) is 17.1 Å². The van der Waals surface area contributed by atoms with E-state index in [1.165, 1.54) is 13.2 Å². The van der Waals surface area contributed by atoms with Crippen LogP contribution in [0, 0.1) is 11.3 Å². The van der Waals surface area contributed by atoms with Gasteiger partial charge < -0.3 is 26.2 Å². The smallest absolute Gasteiger partial charge is 0.259 e. The summed E-state index contributed by atoms with van der Waals surface area (Å²) in [6.45, 7) is 0. The fourth-order valence-electron chi connectivity index (χ4n) is 2.67. The molecule has 27 heavy (non-hydrogen) atoms. The Balaban J connectivity index is 1.80. The van der Waals surface area contributed by atoms with E-state index < -0.39 is 5.91 Å². The minimum Gasteiger partial charge on any atom is -0.504 e. The summed E-state index contributed by atoms with van der Waals surface area (Å²) in [6, 6.07) is 12.9. The van der Waals surface area contributed by atoms with Crippen molar-refractivity contribution in [1.29, 1.82) is 5.26 Å². The Morgan fingerprint density at radius 3 is 2.59 bits per heavy atom. The number of nitriles is 1. The number of carbonyl (C=O) groups excluding carboxylic acids is 1. The molecule has 0 atom stereocenters. The van der Waals surface area contributed by atoms with Gasteiger partial charge in [-0.2, -0.15) is 5.26 Å². The molecular formula is C19H18N4O3S. The van der Waals surface area contributed by atoms with Crippen molar-refractivity contribution in [2.24, 2.45) is 5.73 Å². The largest absolute Gasteiger partial charge is 0.504 e. The topological polar surface area (TPSA) is 120 Å². The summed E-state index contributed by atoms with van der Waals surface area (Å²) in [4.78, 5) is 11.3. The molecule has 0 aromatic heterocycles. The van der Waals surface area contributed by atoms with Gasteiger partial charge in [0.05, 0.1) is 18.5 Å². The molecule has 0 unspecified atom stereocenters. The molecule has 7 nitrogen and oxygen atoms in total. The average molecular weight is 382 g/mol. The molecule has 5 N–H and O–H groups in total. The Bertz CT molecular complexity index is 927. The van der Waals surface area contributed by atoms with Crippen LogP contribution < -0.4 is 21.1 Å². The highest BCUT2D eigenvalue weighted by Gasteiger charge is 2.20. The highest BCUT2D eigenvalue weighted by Crippen LogP contribution is 2.37. The van der Waals surface area contributed by atoms with E-state index in [4.69, 9.17) is 15.7 Å². The number of nitrogens with one attached hydrogen (secondary N) is 2. The molecule has 3 rings (SSSR count). The average Bonchev–Trinajstić information content (AvgIpc) is 3.08. The number of aromatic hydroxyl groups is 1. The van der Waals surface area contributed by atoms with E-state index in [-0.39, 0.29) is 22.6 Å². The van der Waals surface area contributed by atoms with Gasteiger partial charge in [0.15, 0.2) is 11.5 Å². The van der Waals surface area contributed by atoms with Gasteiger partial charge >= 0.3 is 0 Å². The third kappa shape index (κ3) is 4.10. The molecule has 138 valence electrons. The highest BCUT2D eigenvalue weighted by molar-refractivity contribution is 7.99. The Labute approximate surface area is 160 Å². The minimum absolute atomic E-state index is 0.0234. The maximum Gasteiger partial charge on any atom is 0.259 e. The van der Waals surface area contributed by atoms with E-state index in [0.717, 1.165) is 11.4 Å². The van der Waals surface area contributed by atoms with Gasteiger partial charge in [-0.15, -0.1) is 11.8 Å². The first kappa shape index (κ1) is 18.5. The van der Waals surface area contributed by atoms with Crippen LogP contribution in [0.15, 0.2) is 42.0 Å². The van der Waals surface area contributed by atoms with E-state index >= 15 is 0 Å². The maximum absolute atomic E-state index is 11.3. The SMILES string of the molecule is COc1cc(/C=C(\C#N)C(N)=O)cc(CSC2Nc3ccccc3N2)c1O. The third-order valence-electron chi connectivity index (χ3n) is 4.00. The number of hydrogen-bond acceptors (Lipinski definition) is 7. The van der Waals surface area contributed by atoms with E-state index in [1.54, 1.807) is 30.0 Å². The third-order valence-corrected chi connectivity index (χ3v) is 5.05. The van der Waals surface area contributed by atoms with Crippen molar-refractivity contribution in [3.63, 3.8) is 0 Å². The lowest BCUT2D eigenvalue weighted by Crippen LogP contribution is -2.17. The van der Waals surface area contributed by atoms with E-state index in [2.05, 4.69) is 10.6 Å². The van der Waals surface area contributed by atoms with Gasteiger partial charge in [0.25, 0.3) is 5.91 Å². The van der Waals surface area contributed by atoms with Crippen LogP contribution in [0.25, 0.3) is 6.08 Å². The molecule has 1 aliphatic rings. The van der Waals surface area contributed by atoms with Crippen LogP contribution in [0.4, 0.5) is 11.4 Å². The number of benzene rings is 2. The number of phenolic OH excluding ortho intramolecular Hbond substituents is 1. The molecule has 0 fully saturated rings. The van der Waals surface area contributed by atoms with Gasteiger partial charge in [-0.05, 0) is 35.9 Å². The standard InChI is InChI=1S/C19H18N4O3S/c1-26-16-8-11(6-12(9-20)18(21)25)7-13(17(16)24)10-27-19-22-14-4-2-3-5-15(14)23-19/h2-8,19,22-24H,10H2,1H3,(H2,21,25)/b12-6+. The number of carbonyl (C=O) groups is 1. The number of thioether (sulfide) groups is 1. The number of nitrogens with two attached hydrogens (primary N) is 1. The predicted octanol–water partition coefficient (Wildman–Crippen LogP) is 2.85. The van der Waals surface area contributed by atoms with Gasteiger partial charge in [0, 0.05) is 11.3 Å². The summed E-state index contributed by atoms with van der Waals surface area (Å²) < 4.78 is 5.21. The fourth-order valence-corrected chi connectivity index (χ4v) is 3.66. The number of para-hydroxylation sites is 2. The first-order chi connectivity index (χ1) is 13.0.